The average molecular weight is 229 g/mol. The van der Waals surface area contributed by atoms with Gasteiger partial charge in [0.2, 0.25) is 5.91 Å². The number of halogens is 2. The lowest BCUT2D eigenvalue weighted by Gasteiger charge is -2.06. The van der Waals surface area contributed by atoms with Crippen molar-refractivity contribution in [2.24, 2.45) is 0 Å². The van der Waals surface area contributed by atoms with Crippen LogP contribution >= 0.6 is 0 Å². The second-order valence-corrected chi connectivity index (χ2v) is 3.26. The first-order chi connectivity index (χ1) is 7.54. The molecule has 0 atom stereocenters. The summed E-state index contributed by atoms with van der Waals surface area (Å²) in [7, 11) is 0. The predicted molar refractivity (Wildman–Crippen MR) is 55.1 cm³/mol. The molecule has 0 saturated heterocycles. The average Bonchev–Trinajstić information content (AvgIpc) is 2.56. The Kier molecular flexibility index (Phi) is 4.16. The highest BCUT2D eigenvalue weighted by Gasteiger charge is 2.16. The number of aromatic nitrogens is 2. The van der Waals surface area contributed by atoms with Crippen molar-refractivity contribution in [2.75, 3.05) is 6.54 Å². The summed E-state index contributed by atoms with van der Waals surface area (Å²) in [5.41, 5.74) is 0.220. The Hall–Kier alpha value is -1.72. The van der Waals surface area contributed by atoms with E-state index in [4.69, 9.17) is 0 Å². The number of hydrogen-bond donors (Lipinski definition) is 1. The fourth-order valence-corrected chi connectivity index (χ4v) is 1.25. The topological polar surface area (TPSA) is 46.9 Å². The van der Waals surface area contributed by atoms with Gasteiger partial charge in [0, 0.05) is 6.54 Å². The minimum absolute atomic E-state index is 0.207. The molecule has 0 radical (unpaired) electrons. The molecule has 0 saturated carbocycles. The molecule has 88 valence electrons. The van der Waals surface area contributed by atoms with E-state index in [1.54, 1.807) is 6.92 Å². The van der Waals surface area contributed by atoms with Gasteiger partial charge in [-0.3, -0.25) is 9.48 Å². The van der Waals surface area contributed by atoms with Crippen LogP contribution in [0.5, 0.6) is 0 Å². The first-order valence-corrected chi connectivity index (χ1v) is 4.74. The zero-order valence-electron chi connectivity index (χ0n) is 8.91. The Bertz CT molecular complexity index is 387. The number of aryl methyl sites for hydroxylation is 1. The maximum atomic E-state index is 12.5. The monoisotopic (exact) mass is 229 g/mol. The molecule has 1 rings (SSSR count). The van der Waals surface area contributed by atoms with Crippen molar-refractivity contribution in [2.45, 2.75) is 19.9 Å². The van der Waals surface area contributed by atoms with E-state index in [0.29, 0.717) is 12.2 Å². The van der Waals surface area contributed by atoms with Gasteiger partial charge in [0.05, 0.1) is 5.69 Å². The van der Waals surface area contributed by atoms with E-state index in [2.05, 4.69) is 17.0 Å². The van der Waals surface area contributed by atoms with Crippen molar-refractivity contribution < 1.29 is 13.6 Å². The summed E-state index contributed by atoms with van der Waals surface area (Å²) in [6.07, 6.45) is -1.12. The van der Waals surface area contributed by atoms with Crippen molar-refractivity contribution in [3.8, 4) is 0 Å². The Morgan fingerprint density at radius 1 is 1.75 bits per heavy atom. The highest BCUT2D eigenvalue weighted by molar-refractivity contribution is 5.75. The van der Waals surface area contributed by atoms with Gasteiger partial charge in [-0.2, -0.15) is 5.10 Å². The number of amides is 1. The second-order valence-electron chi connectivity index (χ2n) is 3.26. The van der Waals surface area contributed by atoms with Crippen LogP contribution in [0.25, 0.3) is 0 Å². The molecule has 0 aliphatic carbocycles. The van der Waals surface area contributed by atoms with Crippen molar-refractivity contribution >= 4 is 5.91 Å². The number of nitrogens with one attached hydrogen (secondary N) is 1. The second kappa shape index (κ2) is 5.39. The molecule has 1 aromatic rings. The summed E-state index contributed by atoms with van der Waals surface area (Å²) < 4.78 is 26.1. The SMILES string of the molecule is C=CCNC(=O)Cn1nc(C)cc1C(F)F. The van der Waals surface area contributed by atoms with Crippen LogP contribution in [0, 0.1) is 6.92 Å². The highest BCUT2D eigenvalue weighted by Crippen LogP contribution is 2.19. The Labute approximate surface area is 91.9 Å². The van der Waals surface area contributed by atoms with Gasteiger partial charge in [0.15, 0.2) is 0 Å². The minimum atomic E-state index is -2.63. The lowest BCUT2D eigenvalue weighted by atomic mass is 10.4. The largest absolute Gasteiger partial charge is 0.351 e. The van der Waals surface area contributed by atoms with Gasteiger partial charge in [0.25, 0.3) is 6.43 Å². The fourth-order valence-electron chi connectivity index (χ4n) is 1.25. The minimum Gasteiger partial charge on any atom is -0.351 e. The molecule has 4 nitrogen and oxygen atoms in total. The van der Waals surface area contributed by atoms with E-state index < -0.39 is 6.43 Å². The van der Waals surface area contributed by atoms with E-state index in [1.807, 2.05) is 0 Å². The van der Waals surface area contributed by atoms with E-state index in [9.17, 15) is 13.6 Å². The molecule has 1 aromatic heterocycles. The molecular weight excluding hydrogens is 216 g/mol. The van der Waals surface area contributed by atoms with Crippen LogP contribution in [0.1, 0.15) is 17.8 Å². The van der Waals surface area contributed by atoms with E-state index in [0.717, 1.165) is 4.68 Å². The van der Waals surface area contributed by atoms with Crippen molar-refractivity contribution in [1.29, 1.82) is 0 Å². The van der Waals surface area contributed by atoms with Gasteiger partial charge in [-0.05, 0) is 13.0 Å². The van der Waals surface area contributed by atoms with Crippen molar-refractivity contribution in [1.82, 2.24) is 15.1 Å². The Balaban J connectivity index is 2.72. The number of carbonyl (C=O) groups is 1. The first-order valence-electron chi connectivity index (χ1n) is 4.74. The summed E-state index contributed by atoms with van der Waals surface area (Å²) in [4.78, 5) is 11.3. The first kappa shape index (κ1) is 12.4. The van der Waals surface area contributed by atoms with Gasteiger partial charge in [-0.15, -0.1) is 6.58 Å². The number of rotatable bonds is 5. The molecular formula is C10H13F2N3O. The predicted octanol–water partition coefficient (Wildman–Crippen LogP) is 1.43. The maximum absolute atomic E-state index is 12.5. The molecule has 16 heavy (non-hydrogen) atoms. The summed E-state index contributed by atoms with van der Waals surface area (Å²) in [5, 5.41) is 6.32. The van der Waals surface area contributed by atoms with Crippen LogP contribution in [0.4, 0.5) is 8.78 Å². The molecule has 0 aliphatic rings. The van der Waals surface area contributed by atoms with E-state index >= 15 is 0 Å². The summed E-state index contributed by atoms with van der Waals surface area (Å²) in [6.45, 7) is 5.14. The standard InChI is InChI=1S/C10H13F2N3O/c1-3-4-13-9(16)6-15-8(10(11)12)5-7(2)14-15/h3,5,10H,1,4,6H2,2H3,(H,13,16). The van der Waals surface area contributed by atoms with Crippen LogP contribution < -0.4 is 5.32 Å². The molecule has 0 fully saturated rings. The molecule has 0 unspecified atom stereocenters. The third-order valence-electron chi connectivity index (χ3n) is 1.89. The van der Waals surface area contributed by atoms with Crippen LogP contribution in [0.3, 0.4) is 0 Å². The fraction of sp³-hybridized carbons (Fsp3) is 0.400. The zero-order chi connectivity index (χ0) is 12.1. The normalized spacial score (nSPS) is 10.5. The van der Waals surface area contributed by atoms with Gasteiger partial charge in [0.1, 0.15) is 12.2 Å². The molecule has 6 heteroatoms. The lowest BCUT2D eigenvalue weighted by Crippen LogP contribution is -2.28. The molecule has 0 bridgehead atoms. The van der Waals surface area contributed by atoms with Crippen LogP contribution in [0.2, 0.25) is 0 Å². The highest BCUT2D eigenvalue weighted by atomic mass is 19.3. The summed E-state index contributed by atoms with van der Waals surface area (Å²) in [5.74, 6) is -0.370. The lowest BCUT2D eigenvalue weighted by molar-refractivity contribution is -0.121. The van der Waals surface area contributed by atoms with E-state index in [1.165, 1.54) is 12.1 Å². The van der Waals surface area contributed by atoms with Crippen LogP contribution in [-0.2, 0) is 11.3 Å². The smallest absolute Gasteiger partial charge is 0.280 e. The molecule has 0 aliphatic heterocycles. The third kappa shape index (κ3) is 3.15. The Morgan fingerprint density at radius 2 is 2.44 bits per heavy atom. The molecule has 1 N–H and O–H groups in total. The number of carbonyl (C=O) groups excluding carboxylic acids is 1. The van der Waals surface area contributed by atoms with E-state index in [-0.39, 0.29) is 18.1 Å². The quantitative estimate of drug-likeness (QED) is 0.776. The number of alkyl halides is 2. The zero-order valence-corrected chi connectivity index (χ0v) is 8.91. The van der Waals surface area contributed by atoms with Gasteiger partial charge in [-0.1, -0.05) is 6.08 Å². The van der Waals surface area contributed by atoms with Crippen LogP contribution in [0.15, 0.2) is 18.7 Å². The molecule has 1 amide bonds. The Morgan fingerprint density at radius 3 is 3.00 bits per heavy atom. The number of nitrogens with zero attached hydrogens (tertiary/aromatic N) is 2. The molecule has 0 spiro atoms. The van der Waals surface area contributed by atoms with Crippen LogP contribution in [-0.4, -0.2) is 22.2 Å². The number of hydrogen-bond acceptors (Lipinski definition) is 2. The van der Waals surface area contributed by atoms with Gasteiger partial charge < -0.3 is 5.32 Å². The molecule has 0 aromatic carbocycles. The third-order valence-corrected chi connectivity index (χ3v) is 1.89. The van der Waals surface area contributed by atoms with Crippen molar-refractivity contribution in [3.05, 3.63) is 30.1 Å². The van der Waals surface area contributed by atoms with Gasteiger partial charge in [-0.25, -0.2) is 8.78 Å². The maximum Gasteiger partial charge on any atom is 0.280 e. The van der Waals surface area contributed by atoms with Gasteiger partial charge >= 0.3 is 0 Å². The summed E-state index contributed by atoms with van der Waals surface area (Å²) in [6, 6.07) is 1.27. The molecule has 1 heterocycles. The summed E-state index contributed by atoms with van der Waals surface area (Å²) >= 11 is 0. The van der Waals surface area contributed by atoms with Crippen molar-refractivity contribution in [3.63, 3.8) is 0 Å².